The molecule has 6 N–H and O–H groups in total. The molecule has 0 fully saturated rings. The summed E-state index contributed by atoms with van der Waals surface area (Å²) in [5.41, 5.74) is 6.12. The number of carbonyl (C=O) groups is 2. The number of amides is 1. The minimum Gasteiger partial charge on any atom is -0.480 e. The van der Waals surface area contributed by atoms with Crippen LogP contribution < -0.4 is 16.1 Å². The van der Waals surface area contributed by atoms with Gasteiger partial charge in [-0.1, -0.05) is 44.2 Å². The number of nitrogens with one attached hydrogen (secondary N) is 2. The largest absolute Gasteiger partial charge is 0.480 e. The fourth-order valence-electron chi connectivity index (χ4n) is 2.50. The number of carboxylic acid groups (broad SMARTS) is 1. The van der Waals surface area contributed by atoms with Crippen molar-refractivity contribution < 1.29 is 24.2 Å². The third-order valence-corrected chi connectivity index (χ3v) is 5.29. The highest BCUT2D eigenvalue weighted by atomic mass is 31.2. The maximum atomic E-state index is 12.6. The predicted molar refractivity (Wildman–Crippen MR) is 99.8 cm³/mol. The van der Waals surface area contributed by atoms with Crippen molar-refractivity contribution >= 4 is 19.4 Å². The average molecular weight is 385 g/mol. The quantitative estimate of drug-likeness (QED) is 0.357. The van der Waals surface area contributed by atoms with Crippen LogP contribution in [-0.4, -0.2) is 46.7 Å². The van der Waals surface area contributed by atoms with Crippen molar-refractivity contribution in [2.75, 3.05) is 12.7 Å². The third-order valence-electron chi connectivity index (χ3n) is 3.71. The molecule has 3 atom stereocenters. The number of carboxylic acids is 1. The molecule has 9 heteroatoms. The van der Waals surface area contributed by atoms with E-state index >= 15 is 0 Å². The zero-order chi connectivity index (χ0) is 19.7. The molecule has 1 unspecified atom stereocenters. The van der Waals surface area contributed by atoms with Crippen molar-refractivity contribution in [3.63, 3.8) is 0 Å². The number of nitrogens with two attached hydrogens (primary N) is 1. The lowest BCUT2D eigenvalue weighted by atomic mass is 10.0. The zero-order valence-corrected chi connectivity index (χ0v) is 16.0. The molecule has 1 aromatic rings. The molecular formula is C17H28N3O5P. The molecule has 0 bridgehead atoms. The van der Waals surface area contributed by atoms with Crippen LogP contribution in [0.15, 0.2) is 30.3 Å². The van der Waals surface area contributed by atoms with Crippen LogP contribution >= 0.6 is 7.52 Å². The van der Waals surface area contributed by atoms with E-state index in [4.69, 9.17) is 5.73 Å². The zero-order valence-electron chi connectivity index (χ0n) is 15.1. The lowest BCUT2D eigenvalue weighted by Gasteiger charge is -2.24. The molecule has 0 saturated heterocycles. The Bertz CT molecular complexity index is 639. The van der Waals surface area contributed by atoms with E-state index in [2.05, 4.69) is 10.4 Å². The maximum absolute atomic E-state index is 12.6. The van der Waals surface area contributed by atoms with Crippen LogP contribution in [0.2, 0.25) is 0 Å². The summed E-state index contributed by atoms with van der Waals surface area (Å²) in [5, 5.41) is 14.2. The molecule has 0 heterocycles. The van der Waals surface area contributed by atoms with Crippen molar-refractivity contribution in [2.45, 2.75) is 38.8 Å². The smallest absolute Gasteiger partial charge is 0.326 e. The second-order valence-electron chi connectivity index (χ2n) is 6.61. The molecular weight excluding hydrogens is 357 g/mol. The Labute approximate surface area is 153 Å². The predicted octanol–water partition coefficient (Wildman–Crippen LogP) is 0.947. The minimum atomic E-state index is -3.82. The van der Waals surface area contributed by atoms with Crippen molar-refractivity contribution in [1.29, 1.82) is 0 Å². The summed E-state index contributed by atoms with van der Waals surface area (Å²) in [5.74, 6) is -1.70. The Morgan fingerprint density at radius 1 is 1.19 bits per heavy atom. The SMILES string of the molecule is CC(C)C[C@H](NC(=O)[C@H](Cc1ccccc1)NP(=O)(O)CCN)C(=O)O. The van der Waals surface area contributed by atoms with Crippen LogP contribution in [0, 0.1) is 5.92 Å². The monoisotopic (exact) mass is 385 g/mol. The maximum Gasteiger partial charge on any atom is 0.326 e. The molecule has 1 amide bonds. The highest BCUT2D eigenvalue weighted by Crippen LogP contribution is 2.35. The standard InChI is InChI=1S/C17H28N3O5P/c1-12(2)10-15(17(22)23)19-16(21)14(20-26(24,25)9-8-18)11-13-6-4-3-5-7-13/h3-7,12,14-15H,8-11,18H2,1-2H3,(H,19,21)(H,22,23)(H2,20,24,25)/t14-,15-/m0/s1. The normalized spacial score (nSPS) is 15.9. The molecule has 26 heavy (non-hydrogen) atoms. The number of hydrogen-bond acceptors (Lipinski definition) is 4. The Morgan fingerprint density at radius 2 is 1.81 bits per heavy atom. The van der Waals surface area contributed by atoms with Crippen LogP contribution in [0.4, 0.5) is 0 Å². The molecule has 0 radical (unpaired) electrons. The minimum absolute atomic E-state index is 0.00838. The van der Waals surface area contributed by atoms with Crippen LogP contribution in [0.25, 0.3) is 0 Å². The molecule has 1 aromatic carbocycles. The topological polar surface area (TPSA) is 142 Å². The van der Waals surface area contributed by atoms with Gasteiger partial charge in [0, 0.05) is 6.54 Å². The third kappa shape index (κ3) is 8.10. The number of benzene rings is 1. The second-order valence-corrected chi connectivity index (χ2v) is 8.72. The van der Waals surface area contributed by atoms with Crippen LogP contribution in [0.3, 0.4) is 0 Å². The Balaban J connectivity index is 2.96. The van der Waals surface area contributed by atoms with Gasteiger partial charge in [-0.15, -0.1) is 0 Å². The molecule has 0 aliphatic rings. The first-order chi connectivity index (χ1) is 12.1. The number of carbonyl (C=O) groups excluding carboxylic acids is 1. The number of aliphatic carboxylic acids is 1. The van der Waals surface area contributed by atoms with E-state index in [1.165, 1.54) is 0 Å². The van der Waals surface area contributed by atoms with Gasteiger partial charge < -0.3 is 21.1 Å². The number of hydrogen-bond donors (Lipinski definition) is 5. The van der Waals surface area contributed by atoms with E-state index in [1.54, 1.807) is 24.3 Å². The van der Waals surface area contributed by atoms with Crippen molar-refractivity contribution in [3.8, 4) is 0 Å². The summed E-state index contributed by atoms with van der Waals surface area (Å²) in [6, 6.07) is 6.87. The first-order valence-electron chi connectivity index (χ1n) is 8.51. The van der Waals surface area contributed by atoms with Gasteiger partial charge in [-0.25, -0.2) is 9.88 Å². The van der Waals surface area contributed by atoms with Gasteiger partial charge in [0.2, 0.25) is 5.91 Å². The van der Waals surface area contributed by atoms with Crippen molar-refractivity contribution in [2.24, 2.45) is 11.7 Å². The summed E-state index contributed by atoms with van der Waals surface area (Å²) in [4.78, 5) is 34.0. The van der Waals surface area contributed by atoms with Gasteiger partial charge in [0.05, 0.1) is 12.2 Å². The fraction of sp³-hybridized carbons (Fsp3) is 0.529. The van der Waals surface area contributed by atoms with Crippen molar-refractivity contribution in [3.05, 3.63) is 35.9 Å². The van der Waals surface area contributed by atoms with E-state index in [0.29, 0.717) is 0 Å². The van der Waals surface area contributed by atoms with Crippen molar-refractivity contribution in [1.82, 2.24) is 10.4 Å². The summed E-state index contributed by atoms with van der Waals surface area (Å²) >= 11 is 0. The molecule has 1 rings (SSSR count). The van der Waals surface area contributed by atoms with Gasteiger partial charge >= 0.3 is 5.97 Å². The number of rotatable bonds is 11. The van der Waals surface area contributed by atoms with Gasteiger partial charge in [-0.2, -0.15) is 0 Å². The highest BCUT2D eigenvalue weighted by Gasteiger charge is 2.30. The van der Waals surface area contributed by atoms with Gasteiger partial charge in [-0.3, -0.25) is 9.36 Å². The average Bonchev–Trinajstić information content (AvgIpc) is 2.53. The summed E-state index contributed by atoms with van der Waals surface area (Å²) in [6.45, 7) is 3.70. The van der Waals surface area contributed by atoms with Gasteiger partial charge in [0.1, 0.15) is 6.04 Å². The van der Waals surface area contributed by atoms with Crippen LogP contribution in [-0.2, 0) is 20.6 Å². The van der Waals surface area contributed by atoms with E-state index in [0.717, 1.165) is 5.56 Å². The molecule has 0 saturated carbocycles. The molecule has 0 aliphatic carbocycles. The molecule has 0 aromatic heterocycles. The molecule has 8 nitrogen and oxygen atoms in total. The van der Waals surface area contributed by atoms with E-state index in [1.807, 2.05) is 19.9 Å². The van der Waals surface area contributed by atoms with Gasteiger partial charge in [0.15, 0.2) is 0 Å². The Kier molecular flexibility index (Phi) is 8.95. The van der Waals surface area contributed by atoms with E-state index < -0.39 is 31.5 Å². The summed E-state index contributed by atoms with van der Waals surface area (Å²) in [7, 11) is -3.82. The Morgan fingerprint density at radius 3 is 2.31 bits per heavy atom. The first kappa shape index (κ1) is 22.3. The lowest BCUT2D eigenvalue weighted by molar-refractivity contribution is -0.142. The van der Waals surface area contributed by atoms with Crippen LogP contribution in [0.5, 0.6) is 0 Å². The molecule has 0 aliphatic heterocycles. The van der Waals surface area contributed by atoms with Gasteiger partial charge in [0.25, 0.3) is 7.52 Å². The molecule has 0 spiro atoms. The second kappa shape index (κ2) is 10.4. The first-order valence-corrected chi connectivity index (χ1v) is 10.4. The van der Waals surface area contributed by atoms with E-state index in [9.17, 15) is 24.2 Å². The lowest BCUT2D eigenvalue weighted by Crippen LogP contribution is -2.50. The summed E-state index contributed by atoms with van der Waals surface area (Å²) in [6.07, 6.45) is 0.231. The van der Waals surface area contributed by atoms with E-state index in [-0.39, 0.29) is 31.5 Å². The Hall–Kier alpha value is -1.73. The fourth-order valence-corrected chi connectivity index (χ4v) is 3.67. The van der Waals surface area contributed by atoms with Gasteiger partial charge in [-0.05, 0) is 24.3 Å². The summed E-state index contributed by atoms with van der Waals surface area (Å²) < 4.78 is 12.2. The highest BCUT2D eigenvalue weighted by molar-refractivity contribution is 7.55. The van der Waals surface area contributed by atoms with Crippen LogP contribution in [0.1, 0.15) is 25.8 Å². The molecule has 146 valence electrons.